The lowest BCUT2D eigenvalue weighted by Crippen LogP contribution is -2.09. The summed E-state index contributed by atoms with van der Waals surface area (Å²) >= 11 is 5.71. The molecule has 1 aliphatic carbocycles. The number of hydrogen-bond donors (Lipinski definition) is 1. The molecule has 12 heavy (non-hydrogen) atoms. The van der Waals surface area contributed by atoms with Crippen LogP contribution in [-0.2, 0) is 0 Å². The van der Waals surface area contributed by atoms with E-state index in [2.05, 4.69) is 4.98 Å². The number of pyridine rings is 1. The van der Waals surface area contributed by atoms with E-state index >= 15 is 0 Å². The average molecular weight is 183 g/mol. The van der Waals surface area contributed by atoms with Crippen LogP contribution in [0.25, 0.3) is 0 Å². The third kappa shape index (κ3) is 1.27. The van der Waals surface area contributed by atoms with Crippen LogP contribution in [0.1, 0.15) is 30.7 Å². The molecule has 0 bridgehead atoms. The summed E-state index contributed by atoms with van der Waals surface area (Å²) in [5, 5.41) is 0.415. The minimum absolute atomic E-state index is 0.415. The molecule has 0 spiro atoms. The molecule has 2 N–H and O–H groups in total. The lowest BCUT2D eigenvalue weighted by molar-refractivity contribution is 0.419. The van der Waals surface area contributed by atoms with Gasteiger partial charge in [0.2, 0.25) is 0 Å². The Bertz CT molecular complexity index is 295. The number of hydrogen-bond acceptors (Lipinski definition) is 2. The fourth-order valence-electron chi connectivity index (χ4n) is 1.45. The van der Waals surface area contributed by atoms with Crippen molar-refractivity contribution in [3.63, 3.8) is 0 Å². The topological polar surface area (TPSA) is 38.9 Å². The highest BCUT2D eigenvalue weighted by Crippen LogP contribution is 2.37. The van der Waals surface area contributed by atoms with Crippen LogP contribution >= 0.6 is 11.6 Å². The molecule has 2 nitrogen and oxygen atoms in total. The van der Waals surface area contributed by atoms with Gasteiger partial charge >= 0.3 is 0 Å². The molecule has 0 saturated heterocycles. The minimum atomic E-state index is 0.415. The molecule has 0 radical (unpaired) electrons. The van der Waals surface area contributed by atoms with E-state index in [-0.39, 0.29) is 0 Å². The monoisotopic (exact) mass is 182 g/mol. The molecule has 0 aliphatic heterocycles. The summed E-state index contributed by atoms with van der Waals surface area (Å²) in [6.45, 7) is 0. The number of nitrogens with two attached hydrogens (primary N) is 1. The van der Waals surface area contributed by atoms with Crippen molar-refractivity contribution in [2.24, 2.45) is 0 Å². The molecule has 2 rings (SSSR count). The van der Waals surface area contributed by atoms with Gasteiger partial charge in [-0.2, -0.15) is 0 Å². The maximum atomic E-state index is 5.71. The van der Waals surface area contributed by atoms with E-state index in [1.54, 1.807) is 0 Å². The van der Waals surface area contributed by atoms with Crippen molar-refractivity contribution < 1.29 is 0 Å². The molecule has 1 heterocycles. The first kappa shape index (κ1) is 7.87. The van der Waals surface area contributed by atoms with Crippen molar-refractivity contribution in [3.05, 3.63) is 23.0 Å². The van der Waals surface area contributed by atoms with Gasteiger partial charge in [0.25, 0.3) is 0 Å². The van der Waals surface area contributed by atoms with Gasteiger partial charge in [-0.15, -0.1) is 0 Å². The normalized spacial score (nSPS) is 17.4. The van der Waals surface area contributed by atoms with Gasteiger partial charge in [-0.1, -0.05) is 18.0 Å². The molecule has 0 atom stereocenters. The summed E-state index contributed by atoms with van der Waals surface area (Å²) in [5.41, 5.74) is 7.48. The van der Waals surface area contributed by atoms with Gasteiger partial charge in [-0.3, -0.25) is 0 Å². The molecule has 0 unspecified atom stereocenters. The van der Waals surface area contributed by atoms with Gasteiger partial charge in [0.1, 0.15) is 0 Å². The highest BCUT2D eigenvalue weighted by Gasteiger charge is 2.20. The standard InChI is InChI=1S/C9H11ClN2/c10-9-8(11)4-7(5-12-9)6-2-1-3-6/h4-6H,1-3,11H2. The first-order valence-electron chi connectivity index (χ1n) is 4.18. The minimum Gasteiger partial charge on any atom is -0.396 e. The van der Waals surface area contributed by atoms with Gasteiger partial charge in [-0.25, -0.2) is 4.98 Å². The van der Waals surface area contributed by atoms with E-state index in [4.69, 9.17) is 17.3 Å². The first-order chi connectivity index (χ1) is 5.77. The van der Waals surface area contributed by atoms with Crippen molar-refractivity contribution in [3.8, 4) is 0 Å². The third-order valence-corrected chi connectivity index (χ3v) is 2.78. The summed E-state index contributed by atoms with van der Waals surface area (Å²) in [7, 11) is 0. The average Bonchev–Trinajstić information content (AvgIpc) is 1.93. The predicted octanol–water partition coefficient (Wildman–Crippen LogP) is 2.58. The zero-order valence-corrected chi connectivity index (χ0v) is 7.51. The largest absolute Gasteiger partial charge is 0.396 e. The molecule has 1 fully saturated rings. The molecular formula is C9H11ClN2. The molecule has 0 amide bonds. The van der Waals surface area contributed by atoms with Crippen LogP contribution in [0.5, 0.6) is 0 Å². The Morgan fingerprint density at radius 3 is 2.75 bits per heavy atom. The van der Waals surface area contributed by atoms with Crippen LogP contribution in [0.4, 0.5) is 5.69 Å². The molecule has 1 aliphatic rings. The fourth-order valence-corrected chi connectivity index (χ4v) is 1.55. The van der Waals surface area contributed by atoms with Gasteiger partial charge in [0, 0.05) is 6.20 Å². The molecule has 1 aromatic heterocycles. The van der Waals surface area contributed by atoms with E-state index in [9.17, 15) is 0 Å². The van der Waals surface area contributed by atoms with Gasteiger partial charge in [0.05, 0.1) is 5.69 Å². The second-order valence-corrected chi connectivity index (χ2v) is 3.63. The third-order valence-electron chi connectivity index (χ3n) is 2.46. The van der Waals surface area contributed by atoms with Crippen molar-refractivity contribution >= 4 is 17.3 Å². The fraction of sp³-hybridized carbons (Fsp3) is 0.444. The van der Waals surface area contributed by atoms with Crippen LogP contribution in [0.3, 0.4) is 0 Å². The van der Waals surface area contributed by atoms with E-state index in [1.165, 1.54) is 24.8 Å². The van der Waals surface area contributed by atoms with Gasteiger partial charge in [0.15, 0.2) is 5.15 Å². The van der Waals surface area contributed by atoms with Crippen molar-refractivity contribution in [2.45, 2.75) is 25.2 Å². The highest BCUT2D eigenvalue weighted by atomic mass is 35.5. The second-order valence-electron chi connectivity index (χ2n) is 3.28. The Morgan fingerprint density at radius 2 is 2.25 bits per heavy atom. The molecule has 1 aromatic rings. The zero-order chi connectivity index (χ0) is 8.55. The number of anilines is 1. The first-order valence-corrected chi connectivity index (χ1v) is 4.56. The molecule has 64 valence electrons. The summed E-state index contributed by atoms with van der Waals surface area (Å²) in [6, 6.07) is 1.94. The maximum absolute atomic E-state index is 5.71. The van der Waals surface area contributed by atoms with E-state index in [0.29, 0.717) is 16.8 Å². The lowest BCUT2D eigenvalue weighted by Gasteiger charge is -2.25. The number of rotatable bonds is 1. The van der Waals surface area contributed by atoms with E-state index < -0.39 is 0 Å². The lowest BCUT2D eigenvalue weighted by atomic mass is 9.81. The summed E-state index contributed by atoms with van der Waals surface area (Å²) in [6.07, 6.45) is 5.70. The predicted molar refractivity (Wildman–Crippen MR) is 50.3 cm³/mol. The van der Waals surface area contributed by atoms with Crippen LogP contribution in [0, 0.1) is 0 Å². The van der Waals surface area contributed by atoms with Crippen LogP contribution in [-0.4, -0.2) is 4.98 Å². The Hall–Kier alpha value is -0.760. The second kappa shape index (κ2) is 2.94. The van der Waals surface area contributed by atoms with Crippen LogP contribution in [0.15, 0.2) is 12.3 Å². The van der Waals surface area contributed by atoms with Crippen LogP contribution < -0.4 is 5.73 Å². The summed E-state index contributed by atoms with van der Waals surface area (Å²) < 4.78 is 0. The smallest absolute Gasteiger partial charge is 0.151 e. The maximum Gasteiger partial charge on any atom is 0.151 e. The number of nitrogen functional groups attached to an aromatic ring is 1. The highest BCUT2D eigenvalue weighted by molar-refractivity contribution is 6.31. The number of aromatic nitrogens is 1. The Kier molecular flexibility index (Phi) is 1.93. The van der Waals surface area contributed by atoms with Gasteiger partial charge in [-0.05, 0) is 30.4 Å². The molecule has 1 saturated carbocycles. The number of halogens is 1. The Morgan fingerprint density at radius 1 is 1.50 bits per heavy atom. The van der Waals surface area contributed by atoms with Crippen molar-refractivity contribution in [2.75, 3.05) is 5.73 Å². The van der Waals surface area contributed by atoms with Crippen molar-refractivity contribution in [1.82, 2.24) is 4.98 Å². The Labute approximate surface area is 76.7 Å². The van der Waals surface area contributed by atoms with E-state index in [0.717, 1.165) is 0 Å². The molecule has 0 aromatic carbocycles. The number of nitrogens with zero attached hydrogens (tertiary/aromatic N) is 1. The molecular weight excluding hydrogens is 172 g/mol. The quantitative estimate of drug-likeness (QED) is 0.679. The van der Waals surface area contributed by atoms with Gasteiger partial charge < -0.3 is 5.73 Å². The van der Waals surface area contributed by atoms with Crippen molar-refractivity contribution in [1.29, 1.82) is 0 Å². The molecule has 3 heteroatoms. The SMILES string of the molecule is Nc1cc(C2CCC2)cnc1Cl. The summed E-state index contributed by atoms with van der Waals surface area (Å²) in [5.74, 6) is 0.678. The zero-order valence-electron chi connectivity index (χ0n) is 6.76. The van der Waals surface area contributed by atoms with E-state index in [1.807, 2.05) is 12.3 Å². The van der Waals surface area contributed by atoms with Crippen LogP contribution in [0.2, 0.25) is 5.15 Å². The Balaban J connectivity index is 2.27. The summed E-state index contributed by atoms with van der Waals surface area (Å²) in [4.78, 5) is 4.02.